The van der Waals surface area contributed by atoms with Crippen molar-refractivity contribution in [2.75, 3.05) is 11.4 Å². The van der Waals surface area contributed by atoms with Crippen LogP contribution in [0.2, 0.25) is 0 Å². The molecule has 1 unspecified atom stereocenters. The second-order valence-corrected chi connectivity index (χ2v) is 7.13. The highest BCUT2D eigenvalue weighted by atomic mass is 16.1. The minimum absolute atomic E-state index is 0.125. The van der Waals surface area contributed by atoms with E-state index in [2.05, 4.69) is 26.9 Å². The first-order valence-corrected chi connectivity index (χ1v) is 9.72. The van der Waals surface area contributed by atoms with Crippen LogP contribution in [0.4, 0.5) is 5.82 Å². The Hall–Kier alpha value is -3.09. The van der Waals surface area contributed by atoms with E-state index in [0.29, 0.717) is 17.8 Å². The number of ketones is 1. The number of rotatable bonds is 6. The van der Waals surface area contributed by atoms with Crippen LogP contribution in [0.3, 0.4) is 0 Å². The lowest BCUT2D eigenvalue weighted by atomic mass is 10.0. The predicted molar refractivity (Wildman–Crippen MR) is 107 cm³/mol. The van der Waals surface area contributed by atoms with Crippen LogP contribution in [0.25, 0.3) is 11.5 Å². The van der Waals surface area contributed by atoms with Gasteiger partial charge in [0.25, 0.3) is 0 Å². The number of aromatic nitrogens is 5. The lowest BCUT2D eigenvalue weighted by Crippen LogP contribution is -2.32. The smallest absolute Gasteiger partial charge is 0.180 e. The fourth-order valence-corrected chi connectivity index (χ4v) is 3.67. The van der Waals surface area contributed by atoms with Gasteiger partial charge in [-0.3, -0.25) is 14.5 Å². The molecular weight excluding hydrogens is 352 g/mol. The molecule has 0 aromatic carbocycles. The number of nitrogens with zero attached hydrogens (tertiary/aromatic N) is 6. The summed E-state index contributed by atoms with van der Waals surface area (Å²) in [6, 6.07) is 7.93. The highest BCUT2D eigenvalue weighted by Gasteiger charge is 2.29. The van der Waals surface area contributed by atoms with Crippen molar-refractivity contribution < 1.29 is 4.79 Å². The Morgan fingerprint density at radius 2 is 2.18 bits per heavy atom. The molecule has 1 aliphatic rings. The van der Waals surface area contributed by atoms with Crippen LogP contribution >= 0.6 is 0 Å². The SMILES string of the molecule is CCc1cc(N2CCCC2CC(=O)c2cnn(C)c2)nc(-c2ccccn2)n1. The molecule has 3 aromatic heterocycles. The van der Waals surface area contributed by atoms with Gasteiger partial charge in [0.05, 0.1) is 11.8 Å². The zero-order valence-corrected chi connectivity index (χ0v) is 16.2. The van der Waals surface area contributed by atoms with Crippen molar-refractivity contribution in [2.45, 2.75) is 38.6 Å². The maximum atomic E-state index is 12.7. The first-order valence-electron chi connectivity index (χ1n) is 9.72. The molecular formula is C21H24N6O. The molecule has 0 radical (unpaired) electrons. The number of pyridine rings is 1. The number of carbonyl (C=O) groups excluding carboxylic acids is 1. The van der Waals surface area contributed by atoms with Gasteiger partial charge in [0.15, 0.2) is 11.6 Å². The van der Waals surface area contributed by atoms with E-state index in [4.69, 9.17) is 4.98 Å². The van der Waals surface area contributed by atoms with E-state index in [9.17, 15) is 4.79 Å². The maximum absolute atomic E-state index is 12.7. The van der Waals surface area contributed by atoms with Gasteiger partial charge in [-0.25, -0.2) is 9.97 Å². The molecule has 7 nitrogen and oxygen atoms in total. The highest BCUT2D eigenvalue weighted by molar-refractivity contribution is 5.96. The Morgan fingerprint density at radius 1 is 1.29 bits per heavy atom. The van der Waals surface area contributed by atoms with Gasteiger partial charge in [0, 0.05) is 50.2 Å². The van der Waals surface area contributed by atoms with E-state index in [0.717, 1.165) is 43.0 Å². The summed E-state index contributed by atoms with van der Waals surface area (Å²) in [7, 11) is 1.82. The third-order valence-corrected chi connectivity index (χ3v) is 5.14. The van der Waals surface area contributed by atoms with Crippen LogP contribution in [-0.2, 0) is 13.5 Å². The molecule has 0 N–H and O–H groups in total. The second kappa shape index (κ2) is 7.88. The normalized spacial score (nSPS) is 16.5. The van der Waals surface area contributed by atoms with Gasteiger partial charge in [-0.1, -0.05) is 13.0 Å². The van der Waals surface area contributed by atoms with Crippen LogP contribution in [0.5, 0.6) is 0 Å². The fourth-order valence-electron chi connectivity index (χ4n) is 3.67. The lowest BCUT2D eigenvalue weighted by Gasteiger charge is -2.26. The predicted octanol–water partition coefficient (Wildman–Crippen LogP) is 3.08. The summed E-state index contributed by atoms with van der Waals surface area (Å²) in [5.74, 6) is 1.65. The summed E-state index contributed by atoms with van der Waals surface area (Å²) in [6.07, 6.45) is 8.49. The van der Waals surface area contributed by atoms with E-state index in [1.165, 1.54) is 0 Å². The molecule has 144 valence electrons. The molecule has 1 aliphatic heterocycles. The van der Waals surface area contributed by atoms with Gasteiger partial charge in [-0.15, -0.1) is 0 Å². The van der Waals surface area contributed by atoms with Crippen LogP contribution in [0, 0.1) is 0 Å². The van der Waals surface area contributed by atoms with Gasteiger partial charge >= 0.3 is 0 Å². The Kier molecular flexibility index (Phi) is 5.14. The minimum Gasteiger partial charge on any atom is -0.353 e. The van der Waals surface area contributed by atoms with Crippen molar-refractivity contribution in [3.63, 3.8) is 0 Å². The van der Waals surface area contributed by atoms with Gasteiger partial charge in [-0.2, -0.15) is 5.10 Å². The van der Waals surface area contributed by atoms with Crippen molar-refractivity contribution in [1.29, 1.82) is 0 Å². The Balaban J connectivity index is 1.61. The van der Waals surface area contributed by atoms with Crippen LogP contribution in [0.1, 0.15) is 42.2 Å². The maximum Gasteiger partial charge on any atom is 0.180 e. The fraction of sp³-hybridized carbons (Fsp3) is 0.381. The van der Waals surface area contributed by atoms with Crippen LogP contribution in [0.15, 0.2) is 42.9 Å². The van der Waals surface area contributed by atoms with Crippen molar-refractivity contribution in [3.05, 3.63) is 54.1 Å². The highest BCUT2D eigenvalue weighted by Crippen LogP contribution is 2.29. The van der Waals surface area contributed by atoms with Crippen molar-refractivity contribution in [1.82, 2.24) is 24.7 Å². The Morgan fingerprint density at radius 3 is 2.89 bits per heavy atom. The summed E-state index contributed by atoms with van der Waals surface area (Å²) in [6.45, 7) is 2.98. The van der Waals surface area contributed by atoms with Crippen molar-refractivity contribution in [3.8, 4) is 11.5 Å². The molecule has 1 saturated heterocycles. The molecule has 1 atom stereocenters. The summed E-state index contributed by atoms with van der Waals surface area (Å²) in [4.78, 5) is 28.8. The monoisotopic (exact) mass is 376 g/mol. The summed E-state index contributed by atoms with van der Waals surface area (Å²) in [5, 5.41) is 4.11. The van der Waals surface area contributed by atoms with Crippen LogP contribution in [-0.4, -0.2) is 43.1 Å². The van der Waals surface area contributed by atoms with Gasteiger partial charge in [-0.05, 0) is 31.4 Å². The average molecular weight is 376 g/mol. The Bertz CT molecular complexity index is 968. The molecule has 0 bridgehead atoms. The zero-order valence-electron chi connectivity index (χ0n) is 16.2. The van der Waals surface area contributed by atoms with E-state index in [-0.39, 0.29) is 11.8 Å². The molecule has 0 amide bonds. The van der Waals surface area contributed by atoms with Crippen LogP contribution < -0.4 is 4.90 Å². The molecule has 3 aromatic rings. The number of anilines is 1. The molecule has 0 aliphatic carbocycles. The lowest BCUT2D eigenvalue weighted by molar-refractivity contribution is 0.0974. The number of hydrogen-bond acceptors (Lipinski definition) is 6. The van der Waals surface area contributed by atoms with Gasteiger partial charge in [0.1, 0.15) is 11.5 Å². The van der Waals surface area contributed by atoms with E-state index in [1.807, 2.05) is 31.3 Å². The summed E-state index contributed by atoms with van der Waals surface area (Å²) < 4.78 is 1.66. The molecule has 1 fully saturated rings. The number of carbonyl (C=O) groups is 1. The number of Topliss-reactive ketones (excluding diaryl/α,β-unsaturated/α-hetero) is 1. The molecule has 7 heteroatoms. The third kappa shape index (κ3) is 3.78. The molecule has 4 rings (SSSR count). The first kappa shape index (κ1) is 18.3. The average Bonchev–Trinajstić information content (AvgIpc) is 3.37. The van der Waals surface area contributed by atoms with E-state index in [1.54, 1.807) is 23.3 Å². The van der Waals surface area contributed by atoms with Crippen molar-refractivity contribution in [2.24, 2.45) is 7.05 Å². The number of aryl methyl sites for hydroxylation is 2. The van der Waals surface area contributed by atoms with Gasteiger partial charge < -0.3 is 4.90 Å². The largest absolute Gasteiger partial charge is 0.353 e. The molecule has 28 heavy (non-hydrogen) atoms. The third-order valence-electron chi connectivity index (χ3n) is 5.14. The minimum atomic E-state index is 0.125. The topological polar surface area (TPSA) is 76.8 Å². The second-order valence-electron chi connectivity index (χ2n) is 7.13. The first-order chi connectivity index (χ1) is 13.6. The van der Waals surface area contributed by atoms with Crippen molar-refractivity contribution >= 4 is 11.6 Å². The van der Waals surface area contributed by atoms with Gasteiger partial charge in [0.2, 0.25) is 0 Å². The van der Waals surface area contributed by atoms with E-state index < -0.39 is 0 Å². The molecule has 4 heterocycles. The summed E-state index contributed by atoms with van der Waals surface area (Å²) >= 11 is 0. The zero-order chi connectivity index (χ0) is 19.5. The number of hydrogen-bond donors (Lipinski definition) is 0. The summed E-state index contributed by atoms with van der Waals surface area (Å²) in [5.41, 5.74) is 2.41. The quantitative estimate of drug-likeness (QED) is 0.615. The molecule has 0 saturated carbocycles. The molecule has 0 spiro atoms. The Labute approximate surface area is 164 Å². The standard InChI is InChI=1S/C21H24N6O/c1-3-16-11-20(25-21(24-16)18-8-4-5-9-22-18)27-10-6-7-17(27)12-19(28)15-13-23-26(2)14-15/h4-5,8-9,11,13-14,17H,3,6-7,10,12H2,1-2H3. The van der Waals surface area contributed by atoms with E-state index >= 15 is 0 Å².